The number of halogens is 1. The molecule has 0 aliphatic heterocycles. The zero-order valence-electron chi connectivity index (χ0n) is 20.3. The minimum Gasteiger partial charge on any atom is -0.490 e. The molecule has 8 heteroatoms. The molecule has 0 saturated carbocycles. The molecular weight excluding hydrogens is 492 g/mol. The zero-order chi connectivity index (χ0) is 26.2. The molecule has 1 N–H and O–H groups in total. The van der Waals surface area contributed by atoms with Crippen LogP contribution in [-0.2, 0) is 4.79 Å². The van der Waals surface area contributed by atoms with Crippen molar-refractivity contribution in [3.05, 3.63) is 101 Å². The molecule has 1 atom stereocenters. The summed E-state index contributed by atoms with van der Waals surface area (Å²) in [4.78, 5) is 24.9. The van der Waals surface area contributed by atoms with E-state index in [1.807, 2.05) is 49.4 Å². The van der Waals surface area contributed by atoms with Gasteiger partial charge in [0.25, 0.3) is 5.91 Å². The minimum atomic E-state index is -0.757. The molecule has 0 spiro atoms. The van der Waals surface area contributed by atoms with Gasteiger partial charge in [0.05, 0.1) is 18.4 Å². The van der Waals surface area contributed by atoms with Crippen LogP contribution in [0.1, 0.15) is 29.8 Å². The van der Waals surface area contributed by atoms with Crippen molar-refractivity contribution in [1.82, 2.24) is 5.43 Å². The third-order valence-electron chi connectivity index (χ3n) is 5.34. The second-order valence-electron chi connectivity index (χ2n) is 8.04. The molecule has 0 saturated heterocycles. The standard InChI is InChI=1S/C29H25ClN2O5/c1-3-35-27-16-20(8-15-26(27)37-29(34)22-9-12-24(30)13-10-22)18-31-32-28(33)19(2)36-25-14-11-21-6-4-5-7-23(21)17-25/h4-19H,3H2,1-2H3,(H,32,33). The van der Waals surface area contributed by atoms with E-state index in [1.54, 1.807) is 49.4 Å². The van der Waals surface area contributed by atoms with Crippen LogP contribution in [0, 0.1) is 0 Å². The normalized spacial score (nSPS) is 11.8. The van der Waals surface area contributed by atoms with E-state index in [0.717, 1.165) is 10.8 Å². The van der Waals surface area contributed by atoms with Crippen molar-refractivity contribution in [1.29, 1.82) is 0 Å². The predicted molar refractivity (Wildman–Crippen MR) is 144 cm³/mol. The van der Waals surface area contributed by atoms with E-state index >= 15 is 0 Å². The number of carbonyl (C=O) groups excluding carboxylic acids is 2. The number of hydrogen-bond acceptors (Lipinski definition) is 6. The van der Waals surface area contributed by atoms with Gasteiger partial charge in [-0.1, -0.05) is 41.9 Å². The van der Waals surface area contributed by atoms with E-state index in [9.17, 15) is 9.59 Å². The first-order chi connectivity index (χ1) is 17.9. The maximum atomic E-state index is 12.5. The quantitative estimate of drug-likeness (QED) is 0.127. The molecule has 0 bridgehead atoms. The van der Waals surface area contributed by atoms with E-state index in [-0.39, 0.29) is 5.75 Å². The first-order valence-electron chi connectivity index (χ1n) is 11.7. The maximum Gasteiger partial charge on any atom is 0.343 e. The van der Waals surface area contributed by atoms with Crippen molar-refractivity contribution >= 4 is 40.5 Å². The van der Waals surface area contributed by atoms with Crippen molar-refractivity contribution in [2.45, 2.75) is 20.0 Å². The van der Waals surface area contributed by atoms with Gasteiger partial charge in [0.2, 0.25) is 0 Å². The largest absolute Gasteiger partial charge is 0.490 e. The molecule has 0 aromatic heterocycles. The molecule has 4 aromatic carbocycles. The fourth-order valence-electron chi connectivity index (χ4n) is 3.46. The molecule has 37 heavy (non-hydrogen) atoms. The van der Waals surface area contributed by atoms with Crippen LogP contribution in [-0.4, -0.2) is 30.8 Å². The summed E-state index contributed by atoms with van der Waals surface area (Å²) in [7, 11) is 0. The Hall–Kier alpha value is -4.36. The van der Waals surface area contributed by atoms with Crippen LogP contribution >= 0.6 is 11.6 Å². The molecule has 4 rings (SSSR count). The van der Waals surface area contributed by atoms with E-state index in [0.29, 0.717) is 34.3 Å². The fraction of sp³-hybridized carbons (Fsp3) is 0.138. The summed E-state index contributed by atoms with van der Waals surface area (Å²) in [6, 6.07) is 24.9. The van der Waals surface area contributed by atoms with Crippen LogP contribution in [0.2, 0.25) is 5.02 Å². The van der Waals surface area contributed by atoms with Crippen molar-refractivity contribution < 1.29 is 23.8 Å². The van der Waals surface area contributed by atoms with Gasteiger partial charge in [0.1, 0.15) is 5.75 Å². The summed E-state index contributed by atoms with van der Waals surface area (Å²) >= 11 is 5.88. The Morgan fingerprint density at radius 3 is 2.46 bits per heavy atom. The van der Waals surface area contributed by atoms with E-state index in [1.165, 1.54) is 6.21 Å². The fourth-order valence-corrected chi connectivity index (χ4v) is 3.59. The van der Waals surface area contributed by atoms with E-state index in [4.69, 9.17) is 25.8 Å². The molecule has 0 fully saturated rings. The van der Waals surface area contributed by atoms with Gasteiger partial charge in [-0.3, -0.25) is 4.79 Å². The van der Waals surface area contributed by atoms with Crippen molar-refractivity contribution in [2.75, 3.05) is 6.61 Å². The van der Waals surface area contributed by atoms with Crippen LogP contribution in [0.5, 0.6) is 17.2 Å². The zero-order valence-corrected chi connectivity index (χ0v) is 21.1. The monoisotopic (exact) mass is 516 g/mol. The Labute approximate surface area is 219 Å². The number of fused-ring (bicyclic) bond motifs is 1. The first kappa shape index (κ1) is 25.7. The number of nitrogens with one attached hydrogen (secondary N) is 1. The van der Waals surface area contributed by atoms with Gasteiger partial charge in [-0.2, -0.15) is 5.10 Å². The lowest BCUT2D eigenvalue weighted by Gasteiger charge is -2.13. The second-order valence-corrected chi connectivity index (χ2v) is 8.48. The van der Waals surface area contributed by atoms with Crippen LogP contribution in [0.3, 0.4) is 0 Å². The summed E-state index contributed by atoms with van der Waals surface area (Å²) in [6.45, 7) is 3.84. The van der Waals surface area contributed by atoms with Gasteiger partial charge in [-0.25, -0.2) is 10.2 Å². The Morgan fingerprint density at radius 1 is 0.946 bits per heavy atom. The average Bonchev–Trinajstić information content (AvgIpc) is 2.90. The Balaban J connectivity index is 1.37. The van der Waals surface area contributed by atoms with E-state index < -0.39 is 18.0 Å². The van der Waals surface area contributed by atoms with Crippen molar-refractivity contribution in [3.63, 3.8) is 0 Å². The molecule has 0 aliphatic carbocycles. The van der Waals surface area contributed by atoms with Gasteiger partial charge >= 0.3 is 5.97 Å². The van der Waals surface area contributed by atoms with Crippen molar-refractivity contribution in [2.24, 2.45) is 5.10 Å². The highest BCUT2D eigenvalue weighted by molar-refractivity contribution is 6.30. The number of esters is 1. The van der Waals surface area contributed by atoms with Gasteiger partial charge in [0, 0.05) is 5.02 Å². The molecule has 188 valence electrons. The summed E-state index contributed by atoms with van der Waals surface area (Å²) in [6.07, 6.45) is 0.709. The number of ether oxygens (including phenoxy) is 3. The number of hydrazone groups is 1. The topological polar surface area (TPSA) is 86.2 Å². The van der Waals surface area contributed by atoms with Crippen molar-refractivity contribution in [3.8, 4) is 17.2 Å². The lowest BCUT2D eigenvalue weighted by molar-refractivity contribution is -0.127. The second kappa shape index (κ2) is 12.1. The highest BCUT2D eigenvalue weighted by Gasteiger charge is 2.15. The number of hydrogen-bond donors (Lipinski definition) is 1. The minimum absolute atomic E-state index is 0.264. The van der Waals surface area contributed by atoms with Crippen LogP contribution in [0.15, 0.2) is 90.0 Å². The number of nitrogens with zero attached hydrogens (tertiary/aromatic N) is 1. The molecule has 1 amide bonds. The molecule has 0 radical (unpaired) electrons. The molecule has 7 nitrogen and oxygen atoms in total. The number of amides is 1. The van der Waals surface area contributed by atoms with Crippen LogP contribution < -0.4 is 19.6 Å². The predicted octanol–water partition coefficient (Wildman–Crippen LogP) is 6.03. The highest BCUT2D eigenvalue weighted by Crippen LogP contribution is 2.29. The summed E-state index contributed by atoms with van der Waals surface area (Å²) in [5.41, 5.74) is 3.48. The number of benzene rings is 4. The SMILES string of the molecule is CCOc1cc(C=NNC(=O)C(C)Oc2ccc3ccccc3c2)ccc1OC(=O)c1ccc(Cl)cc1. The Morgan fingerprint density at radius 2 is 1.70 bits per heavy atom. The third kappa shape index (κ3) is 6.86. The van der Waals surface area contributed by atoms with Gasteiger partial charge in [-0.15, -0.1) is 0 Å². The molecule has 0 heterocycles. The number of rotatable bonds is 9. The first-order valence-corrected chi connectivity index (χ1v) is 12.0. The number of carbonyl (C=O) groups is 2. The van der Waals surface area contributed by atoms with Crippen LogP contribution in [0.25, 0.3) is 10.8 Å². The Kier molecular flexibility index (Phi) is 8.38. The van der Waals surface area contributed by atoms with Gasteiger partial charge in [0.15, 0.2) is 17.6 Å². The van der Waals surface area contributed by atoms with Crippen LogP contribution in [0.4, 0.5) is 0 Å². The van der Waals surface area contributed by atoms with Gasteiger partial charge < -0.3 is 14.2 Å². The summed E-state index contributed by atoms with van der Waals surface area (Å²) in [5.74, 6) is 0.290. The van der Waals surface area contributed by atoms with E-state index in [2.05, 4.69) is 10.5 Å². The molecule has 4 aromatic rings. The highest BCUT2D eigenvalue weighted by atomic mass is 35.5. The molecule has 1 unspecified atom stereocenters. The third-order valence-corrected chi connectivity index (χ3v) is 5.59. The summed E-state index contributed by atoms with van der Waals surface area (Å²) in [5, 5.41) is 6.66. The average molecular weight is 517 g/mol. The lowest BCUT2D eigenvalue weighted by atomic mass is 10.1. The lowest BCUT2D eigenvalue weighted by Crippen LogP contribution is -2.33. The summed E-state index contributed by atoms with van der Waals surface area (Å²) < 4.78 is 16.9. The molecule has 0 aliphatic rings. The molecular formula is C29H25ClN2O5. The van der Waals surface area contributed by atoms with Gasteiger partial charge in [-0.05, 0) is 84.8 Å². The Bertz CT molecular complexity index is 1440. The smallest absolute Gasteiger partial charge is 0.343 e. The maximum absolute atomic E-state index is 12.5.